The molecule has 2 aromatic carbocycles. The Morgan fingerprint density at radius 2 is 1.76 bits per heavy atom. The summed E-state index contributed by atoms with van der Waals surface area (Å²) < 4.78 is 5.22. The van der Waals surface area contributed by atoms with Crippen molar-refractivity contribution in [1.82, 2.24) is 15.2 Å². The van der Waals surface area contributed by atoms with Gasteiger partial charge in [-0.1, -0.05) is 41.9 Å². The Balaban J connectivity index is 1.34. The predicted molar refractivity (Wildman–Crippen MR) is 127 cm³/mol. The molecular formula is C26H22ClN3O3. The van der Waals surface area contributed by atoms with E-state index in [9.17, 15) is 9.59 Å². The molecule has 3 heterocycles. The lowest BCUT2D eigenvalue weighted by Gasteiger charge is -2.32. The SMILES string of the molecule is O=C(NC1CCN(C(=O)c2ccco2)CC1)c1cc(-c2ccc(Cl)cc2)nc2ccccc12. The molecule has 4 aromatic rings. The number of para-hydroxylation sites is 1. The quantitative estimate of drug-likeness (QED) is 0.456. The topological polar surface area (TPSA) is 75.4 Å². The molecule has 1 saturated heterocycles. The van der Waals surface area contributed by atoms with Crippen molar-refractivity contribution in [3.8, 4) is 11.3 Å². The second-order valence-electron chi connectivity index (χ2n) is 8.10. The molecule has 2 aromatic heterocycles. The maximum absolute atomic E-state index is 13.3. The van der Waals surface area contributed by atoms with E-state index in [1.54, 1.807) is 17.0 Å². The van der Waals surface area contributed by atoms with Gasteiger partial charge in [0.1, 0.15) is 0 Å². The summed E-state index contributed by atoms with van der Waals surface area (Å²) in [7, 11) is 0. The second kappa shape index (κ2) is 9.08. The third-order valence-electron chi connectivity index (χ3n) is 5.95. The Hall–Kier alpha value is -3.64. The molecule has 0 unspecified atom stereocenters. The second-order valence-corrected chi connectivity index (χ2v) is 8.53. The third kappa shape index (κ3) is 4.47. The normalized spacial score (nSPS) is 14.4. The van der Waals surface area contributed by atoms with Crippen LogP contribution in [0.4, 0.5) is 0 Å². The van der Waals surface area contributed by atoms with Crippen molar-refractivity contribution >= 4 is 34.3 Å². The molecular weight excluding hydrogens is 438 g/mol. The van der Waals surface area contributed by atoms with E-state index in [1.165, 1.54) is 6.26 Å². The number of rotatable bonds is 4. The summed E-state index contributed by atoms with van der Waals surface area (Å²) >= 11 is 6.03. The highest BCUT2D eigenvalue weighted by Crippen LogP contribution is 2.26. The number of fused-ring (bicyclic) bond motifs is 1. The number of likely N-dealkylation sites (tertiary alicyclic amines) is 1. The number of pyridine rings is 1. The highest BCUT2D eigenvalue weighted by molar-refractivity contribution is 6.30. The lowest BCUT2D eigenvalue weighted by atomic mass is 10.0. The molecule has 2 amide bonds. The van der Waals surface area contributed by atoms with Crippen molar-refractivity contribution in [3.05, 3.63) is 89.3 Å². The van der Waals surface area contributed by atoms with Gasteiger partial charge in [-0.25, -0.2) is 4.98 Å². The average Bonchev–Trinajstić information content (AvgIpc) is 3.39. The van der Waals surface area contributed by atoms with Crippen molar-refractivity contribution in [2.24, 2.45) is 0 Å². The molecule has 1 N–H and O–H groups in total. The Labute approximate surface area is 196 Å². The van der Waals surface area contributed by atoms with Gasteiger partial charge in [-0.05, 0) is 49.2 Å². The van der Waals surface area contributed by atoms with Crippen LogP contribution in [-0.4, -0.2) is 40.8 Å². The number of aromatic nitrogens is 1. The van der Waals surface area contributed by atoms with Crippen LogP contribution in [0.25, 0.3) is 22.2 Å². The summed E-state index contributed by atoms with van der Waals surface area (Å²) in [5.74, 6) is 0.0904. The number of benzene rings is 2. The minimum atomic E-state index is -0.139. The van der Waals surface area contributed by atoms with Crippen LogP contribution in [0.3, 0.4) is 0 Å². The van der Waals surface area contributed by atoms with Crippen molar-refractivity contribution in [3.63, 3.8) is 0 Å². The molecule has 5 rings (SSSR count). The van der Waals surface area contributed by atoms with Crippen LogP contribution in [0.2, 0.25) is 5.02 Å². The lowest BCUT2D eigenvalue weighted by molar-refractivity contribution is 0.0667. The molecule has 7 heteroatoms. The summed E-state index contributed by atoms with van der Waals surface area (Å²) in [6.07, 6.45) is 2.87. The van der Waals surface area contributed by atoms with Crippen molar-refractivity contribution in [1.29, 1.82) is 0 Å². The number of carbonyl (C=O) groups excluding carboxylic acids is 2. The van der Waals surface area contributed by atoms with Crippen molar-refractivity contribution < 1.29 is 14.0 Å². The largest absolute Gasteiger partial charge is 0.459 e. The van der Waals surface area contributed by atoms with Crippen LogP contribution in [0.15, 0.2) is 77.4 Å². The van der Waals surface area contributed by atoms with Gasteiger partial charge in [-0.15, -0.1) is 0 Å². The molecule has 33 heavy (non-hydrogen) atoms. The van der Waals surface area contributed by atoms with Crippen LogP contribution in [-0.2, 0) is 0 Å². The molecule has 0 spiro atoms. The summed E-state index contributed by atoms with van der Waals surface area (Å²) in [4.78, 5) is 32.3. The van der Waals surface area contributed by atoms with Gasteiger partial charge in [0.25, 0.3) is 11.8 Å². The number of nitrogens with zero attached hydrogens (tertiary/aromatic N) is 2. The minimum absolute atomic E-state index is 0.0101. The van der Waals surface area contributed by atoms with Gasteiger partial charge in [0.15, 0.2) is 5.76 Å². The third-order valence-corrected chi connectivity index (χ3v) is 6.20. The fourth-order valence-corrected chi connectivity index (χ4v) is 4.30. The maximum atomic E-state index is 13.3. The predicted octanol–water partition coefficient (Wildman–Crippen LogP) is 5.18. The number of hydrogen-bond donors (Lipinski definition) is 1. The molecule has 0 aliphatic carbocycles. The molecule has 1 aliphatic heterocycles. The summed E-state index contributed by atoms with van der Waals surface area (Å²) in [6, 6.07) is 20.2. The average molecular weight is 460 g/mol. The van der Waals surface area contributed by atoms with Gasteiger partial charge >= 0.3 is 0 Å². The zero-order valence-corrected chi connectivity index (χ0v) is 18.6. The molecule has 6 nitrogen and oxygen atoms in total. The number of nitrogens with one attached hydrogen (secondary N) is 1. The number of carbonyl (C=O) groups is 2. The van der Waals surface area contributed by atoms with E-state index in [4.69, 9.17) is 21.0 Å². The van der Waals surface area contributed by atoms with Crippen molar-refractivity contribution in [2.75, 3.05) is 13.1 Å². The van der Waals surface area contributed by atoms with E-state index in [0.717, 1.165) is 22.2 Å². The number of halogens is 1. The first-order valence-electron chi connectivity index (χ1n) is 10.9. The molecule has 1 aliphatic rings. The van der Waals surface area contributed by atoms with Gasteiger partial charge in [0.05, 0.1) is 23.0 Å². The van der Waals surface area contributed by atoms with E-state index in [-0.39, 0.29) is 17.9 Å². The monoisotopic (exact) mass is 459 g/mol. The van der Waals surface area contributed by atoms with Crippen molar-refractivity contribution in [2.45, 2.75) is 18.9 Å². The van der Waals surface area contributed by atoms with Crippen LogP contribution in [0.1, 0.15) is 33.8 Å². The van der Waals surface area contributed by atoms with Gasteiger partial charge in [-0.2, -0.15) is 0 Å². The molecule has 0 saturated carbocycles. The van der Waals surface area contributed by atoms with E-state index in [1.807, 2.05) is 54.6 Å². The van der Waals surface area contributed by atoms with Crippen LogP contribution in [0, 0.1) is 0 Å². The first-order valence-corrected chi connectivity index (χ1v) is 11.3. The summed E-state index contributed by atoms with van der Waals surface area (Å²) in [6.45, 7) is 1.13. The Morgan fingerprint density at radius 3 is 2.48 bits per heavy atom. The maximum Gasteiger partial charge on any atom is 0.289 e. The molecule has 1 fully saturated rings. The minimum Gasteiger partial charge on any atom is -0.459 e. The smallest absolute Gasteiger partial charge is 0.289 e. The van der Waals surface area contributed by atoms with E-state index >= 15 is 0 Å². The summed E-state index contributed by atoms with van der Waals surface area (Å²) in [5.41, 5.74) is 2.95. The summed E-state index contributed by atoms with van der Waals surface area (Å²) in [5, 5.41) is 4.61. The van der Waals surface area contributed by atoms with E-state index in [0.29, 0.717) is 42.3 Å². The Bertz CT molecular complexity index is 1290. The number of furan rings is 1. The van der Waals surface area contributed by atoms with E-state index in [2.05, 4.69) is 5.32 Å². The Morgan fingerprint density at radius 1 is 1.00 bits per heavy atom. The fourth-order valence-electron chi connectivity index (χ4n) is 4.18. The molecule has 0 atom stereocenters. The zero-order chi connectivity index (χ0) is 22.8. The van der Waals surface area contributed by atoms with Crippen LogP contribution >= 0.6 is 11.6 Å². The van der Waals surface area contributed by atoms with Gasteiger partial charge in [-0.3, -0.25) is 9.59 Å². The van der Waals surface area contributed by atoms with Gasteiger partial charge in [0, 0.05) is 35.1 Å². The molecule has 0 radical (unpaired) electrons. The first-order chi connectivity index (χ1) is 16.1. The van der Waals surface area contributed by atoms with Gasteiger partial charge < -0.3 is 14.6 Å². The van der Waals surface area contributed by atoms with Crippen LogP contribution < -0.4 is 5.32 Å². The standard InChI is InChI=1S/C26H22ClN3O3/c27-18-9-7-17(8-10-18)23-16-21(20-4-1-2-5-22(20)29-23)25(31)28-19-11-13-30(14-12-19)26(32)24-6-3-15-33-24/h1-10,15-16,19H,11-14H2,(H,28,31). The number of hydrogen-bond acceptors (Lipinski definition) is 4. The lowest BCUT2D eigenvalue weighted by Crippen LogP contribution is -2.46. The first kappa shape index (κ1) is 21.2. The highest BCUT2D eigenvalue weighted by Gasteiger charge is 2.26. The van der Waals surface area contributed by atoms with E-state index < -0.39 is 0 Å². The molecule has 0 bridgehead atoms. The number of amides is 2. The van der Waals surface area contributed by atoms with Crippen LogP contribution in [0.5, 0.6) is 0 Å². The zero-order valence-electron chi connectivity index (χ0n) is 17.8. The Kier molecular flexibility index (Phi) is 5.84. The highest BCUT2D eigenvalue weighted by atomic mass is 35.5. The van der Waals surface area contributed by atoms with Gasteiger partial charge in [0.2, 0.25) is 0 Å². The fraction of sp³-hybridized carbons (Fsp3) is 0.192. The number of piperidine rings is 1. The molecule has 166 valence electrons.